The average molecular weight is 414 g/mol. The highest BCUT2D eigenvalue weighted by atomic mass is 19.1. The summed E-state index contributed by atoms with van der Waals surface area (Å²) in [7, 11) is 7.47. The van der Waals surface area contributed by atoms with Crippen molar-refractivity contribution < 1.29 is 9.18 Å². The third-order valence-corrected chi connectivity index (χ3v) is 4.71. The molecule has 0 aromatic heterocycles. The van der Waals surface area contributed by atoms with Gasteiger partial charge >= 0.3 is 0 Å². The van der Waals surface area contributed by atoms with E-state index in [4.69, 9.17) is 0 Å². The lowest BCUT2D eigenvalue weighted by molar-refractivity contribution is 0.0827. The second-order valence-electron chi connectivity index (χ2n) is 7.50. The number of nitrogens with zero attached hydrogens (tertiary/aromatic N) is 3. The summed E-state index contributed by atoms with van der Waals surface area (Å²) in [5, 5.41) is 6.62. The van der Waals surface area contributed by atoms with Crippen molar-refractivity contribution >= 4 is 11.9 Å². The Bertz CT molecular complexity index is 832. The van der Waals surface area contributed by atoms with Crippen molar-refractivity contribution in [2.24, 2.45) is 4.99 Å². The first-order valence-electron chi connectivity index (χ1n) is 10.1. The molecule has 1 atom stereocenters. The van der Waals surface area contributed by atoms with Crippen LogP contribution in [0.4, 0.5) is 4.39 Å². The van der Waals surface area contributed by atoms with E-state index in [1.54, 1.807) is 19.0 Å². The average Bonchev–Trinajstić information content (AvgIpc) is 2.72. The second-order valence-corrected chi connectivity index (χ2v) is 7.50. The summed E-state index contributed by atoms with van der Waals surface area (Å²) in [6.45, 7) is 3.88. The topological polar surface area (TPSA) is 60.0 Å². The van der Waals surface area contributed by atoms with Crippen LogP contribution in [-0.4, -0.2) is 62.9 Å². The molecule has 6 nitrogen and oxygen atoms in total. The van der Waals surface area contributed by atoms with Crippen LogP contribution >= 0.6 is 0 Å². The molecule has 1 unspecified atom stereocenters. The first-order chi connectivity index (χ1) is 14.3. The van der Waals surface area contributed by atoms with Gasteiger partial charge in [-0.1, -0.05) is 24.3 Å². The van der Waals surface area contributed by atoms with Gasteiger partial charge in [-0.2, -0.15) is 0 Å². The fourth-order valence-electron chi connectivity index (χ4n) is 3.00. The number of hydrogen-bond acceptors (Lipinski definition) is 3. The Morgan fingerprint density at radius 1 is 1.00 bits per heavy atom. The van der Waals surface area contributed by atoms with Crippen molar-refractivity contribution in [3.63, 3.8) is 0 Å². The number of carbonyl (C=O) groups is 1. The van der Waals surface area contributed by atoms with E-state index in [2.05, 4.69) is 20.5 Å². The molecule has 0 heterocycles. The van der Waals surface area contributed by atoms with Gasteiger partial charge in [0.15, 0.2) is 5.96 Å². The van der Waals surface area contributed by atoms with Gasteiger partial charge in [-0.25, -0.2) is 9.38 Å². The zero-order chi connectivity index (χ0) is 22.1. The van der Waals surface area contributed by atoms with Gasteiger partial charge in [-0.3, -0.25) is 4.79 Å². The number of hydrogen-bond donors (Lipinski definition) is 2. The Balaban J connectivity index is 2.04. The minimum absolute atomic E-state index is 0.0180. The van der Waals surface area contributed by atoms with E-state index in [1.165, 1.54) is 12.1 Å². The second kappa shape index (κ2) is 11.3. The number of likely N-dealkylation sites (N-methyl/N-ethyl adjacent to an activating group) is 1. The number of carbonyl (C=O) groups excluding carboxylic acids is 1. The summed E-state index contributed by atoms with van der Waals surface area (Å²) in [5.74, 6) is 0.452. The lowest BCUT2D eigenvalue weighted by Gasteiger charge is -2.26. The molecule has 0 saturated carbocycles. The van der Waals surface area contributed by atoms with Crippen molar-refractivity contribution in [1.82, 2.24) is 20.4 Å². The lowest BCUT2D eigenvalue weighted by Crippen LogP contribution is -2.41. The summed E-state index contributed by atoms with van der Waals surface area (Å²) < 4.78 is 13.3. The SMILES string of the molecule is CCNC(=NCc1ccc(C(=O)N(C)C)cc1)NCC(c1ccc(F)cc1)N(C)C. The molecular formula is C23H32FN5O. The normalized spacial score (nSPS) is 12.6. The highest BCUT2D eigenvalue weighted by molar-refractivity contribution is 5.93. The monoisotopic (exact) mass is 413 g/mol. The molecule has 0 spiro atoms. The van der Waals surface area contributed by atoms with E-state index in [1.807, 2.05) is 57.4 Å². The van der Waals surface area contributed by atoms with Crippen LogP contribution in [0.3, 0.4) is 0 Å². The molecule has 0 aliphatic carbocycles. The zero-order valence-electron chi connectivity index (χ0n) is 18.4. The Morgan fingerprint density at radius 2 is 1.63 bits per heavy atom. The van der Waals surface area contributed by atoms with Gasteiger partial charge in [0.05, 0.1) is 12.6 Å². The van der Waals surface area contributed by atoms with Gasteiger partial charge in [0.25, 0.3) is 5.91 Å². The summed E-state index contributed by atoms with van der Waals surface area (Å²) in [4.78, 5) is 20.3. The molecule has 2 N–H and O–H groups in total. The predicted octanol–water partition coefficient (Wildman–Crippen LogP) is 2.89. The van der Waals surface area contributed by atoms with Crippen molar-refractivity contribution in [1.29, 1.82) is 0 Å². The number of nitrogens with one attached hydrogen (secondary N) is 2. The lowest BCUT2D eigenvalue weighted by atomic mass is 10.1. The largest absolute Gasteiger partial charge is 0.357 e. The third kappa shape index (κ3) is 6.84. The molecule has 0 aliphatic heterocycles. The van der Waals surface area contributed by atoms with Crippen molar-refractivity contribution in [3.8, 4) is 0 Å². The fourth-order valence-corrected chi connectivity index (χ4v) is 3.00. The summed E-state index contributed by atoms with van der Waals surface area (Å²) in [5.41, 5.74) is 2.71. The fraction of sp³-hybridized carbons (Fsp3) is 0.391. The smallest absolute Gasteiger partial charge is 0.253 e. The predicted molar refractivity (Wildman–Crippen MR) is 120 cm³/mol. The number of halogens is 1. The van der Waals surface area contributed by atoms with Gasteiger partial charge in [0, 0.05) is 32.7 Å². The summed E-state index contributed by atoms with van der Waals surface area (Å²) >= 11 is 0. The molecular weight excluding hydrogens is 381 g/mol. The molecule has 30 heavy (non-hydrogen) atoms. The van der Waals surface area contributed by atoms with Crippen LogP contribution < -0.4 is 10.6 Å². The van der Waals surface area contributed by atoms with E-state index < -0.39 is 0 Å². The van der Waals surface area contributed by atoms with E-state index in [9.17, 15) is 9.18 Å². The van der Waals surface area contributed by atoms with Gasteiger partial charge in [0.1, 0.15) is 5.82 Å². The molecule has 0 bridgehead atoms. The molecule has 2 aromatic rings. The van der Waals surface area contributed by atoms with Crippen LogP contribution in [0.15, 0.2) is 53.5 Å². The van der Waals surface area contributed by atoms with Crippen molar-refractivity contribution in [3.05, 3.63) is 71.0 Å². The van der Waals surface area contributed by atoms with Crippen LogP contribution in [0, 0.1) is 5.82 Å². The molecule has 0 fully saturated rings. The number of amides is 1. The van der Waals surface area contributed by atoms with E-state index >= 15 is 0 Å². The maximum absolute atomic E-state index is 13.3. The first kappa shape index (κ1) is 23.3. The number of benzene rings is 2. The van der Waals surface area contributed by atoms with E-state index in [0.717, 1.165) is 17.7 Å². The highest BCUT2D eigenvalue weighted by Crippen LogP contribution is 2.17. The van der Waals surface area contributed by atoms with Gasteiger partial charge < -0.3 is 20.4 Å². The Kier molecular flexibility index (Phi) is 8.80. The molecule has 2 rings (SSSR count). The van der Waals surface area contributed by atoms with E-state index in [-0.39, 0.29) is 17.8 Å². The van der Waals surface area contributed by atoms with Gasteiger partial charge in [-0.05, 0) is 56.4 Å². The number of aliphatic imine (C=N–C) groups is 1. The maximum atomic E-state index is 13.3. The molecule has 0 saturated heterocycles. The van der Waals surface area contributed by atoms with Crippen LogP contribution in [0.2, 0.25) is 0 Å². The van der Waals surface area contributed by atoms with Gasteiger partial charge in [-0.15, -0.1) is 0 Å². The summed E-state index contributed by atoms with van der Waals surface area (Å²) in [6, 6.07) is 14.1. The Hall–Kier alpha value is -2.93. The summed E-state index contributed by atoms with van der Waals surface area (Å²) in [6.07, 6.45) is 0. The number of guanidine groups is 1. The molecule has 162 valence electrons. The minimum atomic E-state index is -0.239. The minimum Gasteiger partial charge on any atom is -0.357 e. The van der Waals surface area contributed by atoms with E-state index in [0.29, 0.717) is 24.6 Å². The zero-order valence-corrected chi connectivity index (χ0v) is 18.4. The van der Waals surface area contributed by atoms with Crippen LogP contribution in [0.25, 0.3) is 0 Å². The van der Waals surface area contributed by atoms with Crippen molar-refractivity contribution in [2.45, 2.75) is 19.5 Å². The van der Waals surface area contributed by atoms with Gasteiger partial charge in [0.2, 0.25) is 0 Å². The molecule has 2 aromatic carbocycles. The first-order valence-corrected chi connectivity index (χ1v) is 10.1. The quantitative estimate of drug-likeness (QED) is 0.516. The molecule has 0 radical (unpaired) electrons. The third-order valence-electron chi connectivity index (χ3n) is 4.71. The Labute approximate surface area is 178 Å². The molecule has 0 aliphatic rings. The van der Waals surface area contributed by atoms with Crippen LogP contribution in [0.1, 0.15) is 34.5 Å². The maximum Gasteiger partial charge on any atom is 0.253 e. The van der Waals surface area contributed by atoms with Crippen LogP contribution in [-0.2, 0) is 6.54 Å². The standard InChI is InChI=1S/C23H32FN5O/c1-6-25-23(26-15-17-7-9-19(10-8-17)22(30)29(4)5)27-16-21(28(2)3)18-11-13-20(24)14-12-18/h7-14,21H,6,15-16H2,1-5H3,(H2,25,26,27). The number of rotatable bonds is 8. The van der Waals surface area contributed by atoms with Crippen molar-refractivity contribution in [2.75, 3.05) is 41.3 Å². The molecule has 7 heteroatoms. The highest BCUT2D eigenvalue weighted by Gasteiger charge is 2.15. The molecule has 1 amide bonds. The van der Waals surface area contributed by atoms with Crippen LogP contribution in [0.5, 0.6) is 0 Å². The Morgan fingerprint density at radius 3 is 2.17 bits per heavy atom.